The Morgan fingerprint density at radius 1 is 0.600 bits per heavy atom. The van der Waals surface area contributed by atoms with Crippen LogP contribution in [0.15, 0.2) is 23.3 Å². The lowest BCUT2D eigenvalue weighted by Crippen LogP contribution is -2.66. The van der Waals surface area contributed by atoms with Crippen molar-refractivity contribution in [2.24, 2.45) is 28.6 Å². The summed E-state index contributed by atoms with van der Waals surface area (Å²) in [7, 11) is 6.59. The fourth-order valence-corrected chi connectivity index (χ4v) is 15.9. The van der Waals surface area contributed by atoms with Crippen LogP contribution in [0.1, 0.15) is 146 Å². The predicted octanol–water partition coefficient (Wildman–Crippen LogP) is 6.14. The normalized spacial score (nSPS) is 49.9. The highest BCUT2D eigenvalue weighted by molar-refractivity contribution is 5.88. The third-order valence-electron chi connectivity index (χ3n) is 20.8. The van der Waals surface area contributed by atoms with Gasteiger partial charge in [-0.15, -0.1) is 0 Å². The molecule has 0 unspecified atom stereocenters. The van der Waals surface area contributed by atoms with E-state index in [-0.39, 0.29) is 47.6 Å². The largest absolute Gasteiger partial charge is 0.458 e. The molecule has 4 aliphatic carbocycles. The Morgan fingerprint density at radius 3 is 1.46 bits per heavy atom. The van der Waals surface area contributed by atoms with Crippen LogP contribution in [-0.4, -0.2) is 196 Å². The van der Waals surface area contributed by atoms with Gasteiger partial charge in [-0.25, -0.2) is 4.79 Å². The zero-order valence-electron chi connectivity index (χ0n) is 49.9. The average molecular weight is 1140 g/mol. The van der Waals surface area contributed by atoms with E-state index in [9.17, 15) is 24.9 Å². The van der Waals surface area contributed by atoms with Crippen LogP contribution in [0, 0.1) is 28.6 Å². The number of esters is 1. The van der Waals surface area contributed by atoms with Crippen LogP contribution in [-0.2, 0) is 80.6 Å². The Hall–Kier alpha value is -2.06. The standard InChI is InChI=1S/C60H96O20/c1-15-29(2)57(64)76-46-23-40-39(60(65)21-19-38(30(3)61)59(46,60)10)17-16-36-22-37(18-20-58(36,40)9)75-48-25-42(66-11)54(32(5)71-48)78-50-27-44(68-13)56(34(7)73-50)80-51-28-45(69-14)55(35(8)74-51)79-49-26-43(67-12)53(33(6)72-49)77-47-24-41(62)52(63)31(4)70-47/h15-16,31-35,37-56,62-63,65H,17-28H2,1-14H3/b29-15+/t31-,32-,33-,34-,35-,37+,38-,39-,40+,41+,42+,43-,44+,45-,46-,47+,48+,49+,50+,51+,52-,53-,54-,55-,56-,58+,59+,60+/m1/s1. The van der Waals surface area contributed by atoms with E-state index in [1.807, 2.05) is 41.5 Å². The van der Waals surface area contributed by atoms with Crippen LogP contribution in [0.25, 0.3) is 0 Å². The van der Waals surface area contributed by atoms with Gasteiger partial charge < -0.3 is 86.4 Å². The second-order valence-electron chi connectivity index (χ2n) is 25.2. The molecule has 0 bridgehead atoms. The number of rotatable bonds is 17. The molecular formula is C60H96O20. The maximum absolute atomic E-state index is 13.4. The minimum absolute atomic E-state index is 0.0373. The Labute approximate surface area is 473 Å². The summed E-state index contributed by atoms with van der Waals surface area (Å²) in [6.07, 6.45) is -1.24. The van der Waals surface area contributed by atoms with Crippen molar-refractivity contribution in [2.75, 3.05) is 28.4 Å². The minimum atomic E-state index is -1.16. The lowest BCUT2D eigenvalue weighted by atomic mass is 9.45. The Balaban J connectivity index is 0.764. The molecule has 0 aromatic carbocycles. The molecule has 80 heavy (non-hydrogen) atoms. The van der Waals surface area contributed by atoms with Gasteiger partial charge in [0.05, 0.1) is 72.7 Å². The first-order valence-corrected chi connectivity index (χ1v) is 29.8. The molecule has 9 aliphatic rings. The van der Waals surface area contributed by atoms with E-state index in [1.165, 1.54) is 5.57 Å². The Kier molecular flexibility index (Phi) is 19.9. The first kappa shape index (κ1) is 62.5. The number of ether oxygens (including phenoxy) is 15. The summed E-state index contributed by atoms with van der Waals surface area (Å²) in [5.74, 6) is -0.755. The highest BCUT2D eigenvalue weighted by Gasteiger charge is 2.71. The van der Waals surface area contributed by atoms with Gasteiger partial charge in [0.1, 0.15) is 42.4 Å². The highest BCUT2D eigenvalue weighted by atomic mass is 16.8. The fraction of sp³-hybridized carbons (Fsp3) is 0.900. The van der Waals surface area contributed by atoms with Crippen LogP contribution in [0.5, 0.6) is 0 Å². The molecule has 456 valence electrons. The molecule has 5 aliphatic heterocycles. The third kappa shape index (κ3) is 12.1. The van der Waals surface area contributed by atoms with Gasteiger partial charge in [-0.3, -0.25) is 4.79 Å². The van der Waals surface area contributed by atoms with Crippen LogP contribution >= 0.6 is 0 Å². The molecule has 0 radical (unpaired) electrons. The average Bonchev–Trinajstić information content (AvgIpc) is 3.74. The van der Waals surface area contributed by atoms with Gasteiger partial charge in [0, 0.05) is 77.4 Å². The molecule has 8 fully saturated rings. The third-order valence-corrected chi connectivity index (χ3v) is 20.8. The number of carbonyl (C=O) groups excluding carboxylic acids is 2. The van der Waals surface area contributed by atoms with E-state index in [2.05, 4.69) is 13.0 Å². The molecule has 28 atom stereocenters. The predicted molar refractivity (Wildman–Crippen MR) is 286 cm³/mol. The molecule has 20 heteroatoms. The van der Waals surface area contributed by atoms with Crippen molar-refractivity contribution in [3.8, 4) is 0 Å². The number of fused-ring (bicyclic) bond motifs is 5. The van der Waals surface area contributed by atoms with Crippen LogP contribution in [0.4, 0.5) is 0 Å². The van der Waals surface area contributed by atoms with Gasteiger partial charge >= 0.3 is 5.97 Å². The number of methoxy groups -OCH3 is 4. The van der Waals surface area contributed by atoms with E-state index in [0.717, 1.165) is 19.3 Å². The first-order chi connectivity index (χ1) is 38.0. The lowest BCUT2D eigenvalue weighted by molar-refractivity contribution is -0.352. The maximum Gasteiger partial charge on any atom is 0.333 e. The second-order valence-corrected chi connectivity index (χ2v) is 25.2. The van der Waals surface area contributed by atoms with Gasteiger partial charge in [-0.05, 0) is 118 Å². The molecule has 0 spiro atoms. The monoisotopic (exact) mass is 1140 g/mol. The van der Waals surface area contributed by atoms with Gasteiger partial charge in [0.25, 0.3) is 0 Å². The van der Waals surface area contributed by atoms with E-state index >= 15 is 0 Å². The number of Topliss-reactive ketones (excluding diaryl/α,β-unsaturated/α-hetero) is 1. The summed E-state index contributed by atoms with van der Waals surface area (Å²) in [5, 5.41) is 33.4. The first-order valence-electron chi connectivity index (χ1n) is 29.8. The molecule has 0 aromatic heterocycles. The van der Waals surface area contributed by atoms with Crippen LogP contribution in [0.3, 0.4) is 0 Å². The SMILES string of the molecule is C/C=C(\C)C(=O)O[C@@H]1C[C@H]2[C@@H](CC=C3C[C@@H](O[C@H]4C[C@H](OC)[C@H](O[C@H]5C[C@H](OC)[C@H](O[C@H]6C[C@@H](OC)[C@H](O[C@H]7C[C@@H](OC)[C@H](O[C@H]8C[C@H](O)[C@H](O)[C@@H](C)O8)[C@@H](C)O7)[C@@H](C)O6)[C@@H](C)O5)[C@@H](C)O4)CC[C@@]32C)[C@@]2(O)CC[C@H](C(C)=O)[C@@]12C. The number of aliphatic hydroxyl groups excluding tert-OH is 2. The zero-order chi connectivity index (χ0) is 57.7. The zero-order valence-corrected chi connectivity index (χ0v) is 49.9. The van der Waals surface area contributed by atoms with Crippen molar-refractivity contribution in [3.05, 3.63) is 23.3 Å². The topological polar surface area (TPSA) is 233 Å². The van der Waals surface area contributed by atoms with Crippen molar-refractivity contribution in [1.82, 2.24) is 0 Å². The van der Waals surface area contributed by atoms with Crippen molar-refractivity contribution in [2.45, 2.75) is 287 Å². The Morgan fingerprint density at radius 2 is 1.04 bits per heavy atom. The fourth-order valence-electron chi connectivity index (χ4n) is 15.9. The molecular weight excluding hydrogens is 1040 g/mol. The summed E-state index contributed by atoms with van der Waals surface area (Å²) < 4.78 is 95.3. The van der Waals surface area contributed by atoms with Crippen molar-refractivity contribution >= 4 is 11.8 Å². The second kappa shape index (κ2) is 25.5. The summed E-state index contributed by atoms with van der Waals surface area (Å²) in [6.45, 7) is 18.9. The van der Waals surface area contributed by atoms with E-state index < -0.39 is 140 Å². The number of hydrogen-bond acceptors (Lipinski definition) is 20. The quantitative estimate of drug-likeness (QED) is 0.0843. The van der Waals surface area contributed by atoms with Crippen LogP contribution < -0.4 is 0 Å². The highest BCUT2D eigenvalue weighted by Crippen LogP contribution is 2.69. The number of hydrogen-bond donors (Lipinski definition) is 3. The van der Waals surface area contributed by atoms with Crippen LogP contribution in [0.2, 0.25) is 0 Å². The molecule has 3 N–H and O–H groups in total. The smallest absolute Gasteiger partial charge is 0.333 e. The molecule has 0 amide bonds. The number of aliphatic hydroxyl groups is 3. The summed E-state index contributed by atoms with van der Waals surface area (Å²) in [5.41, 5.74) is -0.472. The summed E-state index contributed by atoms with van der Waals surface area (Å²) in [6, 6.07) is 0. The van der Waals surface area contributed by atoms with Gasteiger partial charge in [0.2, 0.25) is 0 Å². The summed E-state index contributed by atoms with van der Waals surface area (Å²) >= 11 is 0. The Bertz CT molecular complexity index is 2170. The number of allylic oxidation sites excluding steroid dienone is 2. The minimum Gasteiger partial charge on any atom is -0.458 e. The molecule has 3 saturated carbocycles. The van der Waals surface area contributed by atoms with Gasteiger partial charge in [0.15, 0.2) is 31.5 Å². The van der Waals surface area contributed by atoms with E-state index in [1.54, 1.807) is 55.3 Å². The lowest BCUT2D eigenvalue weighted by Gasteiger charge is -2.63. The van der Waals surface area contributed by atoms with Crippen molar-refractivity contribution in [3.63, 3.8) is 0 Å². The molecule has 20 nitrogen and oxygen atoms in total. The van der Waals surface area contributed by atoms with Gasteiger partial charge in [-0.1, -0.05) is 31.6 Å². The van der Waals surface area contributed by atoms with E-state index in [4.69, 9.17) is 71.1 Å². The molecule has 5 saturated heterocycles. The van der Waals surface area contributed by atoms with Crippen molar-refractivity contribution in [1.29, 1.82) is 0 Å². The van der Waals surface area contributed by atoms with Gasteiger partial charge in [-0.2, -0.15) is 0 Å². The maximum atomic E-state index is 13.4. The molecule has 5 heterocycles. The molecule has 9 rings (SSSR count). The van der Waals surface area contributed by atoms with E-state index in [0.29, 0.717) is 56.9 Å². The van der Waals surface area contributed by atoms with Crippen molar-refractivity contribution < 1.29 is 96.0 Å². The molecule has 0 aromatic rings. The number of ketones is 1. The number of carbonyl (C=O) groups is 2. The summed E-state index contributed by atoms with van der Waals surface area (Å²) in [4.78, 5) is 26.6.